The summed E-state index contributed by atoms with van der Waals surface area (Å²) in [5.41, 5.74) is 6.95. The Labute approximate surface area is 106 Å². The van der Waals surface area contributed by atoms with Gasteiger partial charge in [-0.1, -0.05) is 12.1 Å². The van der Waals surface area contributed by atoms with E-state index >= 15 is 0 Å². The Morgan fingerprint density at radius 3 is 3.06 bits per heavy atom. The Balaban J connectivity index is 1.70. The van der Waals surface area contributed by atoms with Crippen LogP contribution in [0.2, 0.25) is 0 Å². The van der Waals surface area contributed by atoms with Crippen molar-refractivity contribution >= 4 is 17.3 Å². The zero-order chi connectivity index (χ0) is 12.8. The molecular weight excluding hydrogens is 232 g/mol. The molecule has 1 aliphatic rings. The highest BCUT2D eigenvalue weighted by molar-refractivity contribution is 5.93. The highest BCUT2D eigenvalue weighted by Gasteiger charge is 2.16. The molecule has 1 aliphatic heterocycles. The number of benzene rings is 1. The number of ether oxygens (including phenoxy) is 2. The molecule has 18 heavy (non-hydrogen) atoms. The minimum absolute atomic E-state index is 0.0909. The predicted molar refractivity (Wildman–Crippen MR) is 69.3 cm³/mol. The minimum Gasteiger partial charge on any atom is -0.397 e. The Hall–Kier alpha value is -1.59. The summed E-state index contributed by atoms with van der Waals surface area (Å²) in [6, 6.07) is 7.19. The molecule has 1 amide bonds. The van der Waals surface area contributed by atoms with Gasteiger partial charge in [-0.15, -0.1) is 0 Å². The highest BCUT2D eigenvalue weighted by atomic mass is 16.5. The first-order valence-electron chi connectivity index (χ1n) is 6.09. The maximum atomic E-state index is 11.7. The minimum atomic E-state index is -0.0909. The van der Waals surface area contributed by atoms with Crippen LogP contribution in [0.3, 0.4) is 0 Å². The van der Waals surface area contributed by atoms with Gasteiger partial charge in [0.05, 0.1) is 37.1 Å². The standard InChI is InChI=1S/C13H18N2O3/c14-11-3-1-2-4-12(11)15-13(16)6-8-18-10-5-7-17-9-10/h1-4,10H,5-9,14H2,(H,15,16). The maximum Gasteiger partial charge on any atom is 0.226 e. The predicted octanol–water partition coefficient (Wildman–Crippen LogP) is 1.40. The van der Waals surface area contributed by atoms with E-state index in [1.807, 2.05) is 12.1 Å². The number of para-hydroxylation sites is 2. The van der Waals surface area contributed by atoms with Crippen molar-refractivity contribution in [3.05, 3.63) is 24.3 Å². The zero-order valence-corrected chi connectivity index (χ0v) is 10.2. The van der Waals surface area contributed by atoms with E-state index in [0.717, 1.165) is 13.0 Å². The summed E-state index contributed by atoms with van der Waals surface area (Å²) in [6.45, 7) is 1.79. The van der Waals surface area contributed by atoms with Gasteiger partial charge in [-0.2, -0.15) is 0 Å². The SMILES string of the molecule is Nc1ccccc1NC(=O)CCOC1CCOC1. The number of rotatable bonds is 5. The van der Waals surface area contributed by atoms with E-state index in [1.54, 1.807) is 12.1 Å². The summed E-state index contributed by atoms with van der Waals surface area (Å²) in [5.74, 6) is -0.0909. The highest BCUT2D eigenvalue weighted by Crippen LogP contribution is 2.16. The van der Waals surface area contributed by atoms with Crippen LogP contribution >= 0.6 is 0 Å². The molecule has 2 rings (SSSR count). The average molecular weight is 250 g/mol. The van der Waals surface area contributed by atoms with E-state index < -0.39 is 0 Å². The van der Waals surface area contributed by atoms with Gasteiger partial charge in [0.2, 0.25) is 5.91 Å². The lowest BCUT2D eigenvalue weighted by molar-refractivity contribution is -0.117. The number of hydrogen-bond donors (Lipinski definition) is 2. The number of anilines is 2. The number of nitrogen functional groups attached to an aromatic ring is 1. The summed E-state index contributed by atoms with van der Waals surface area (Å²) in [4.78, 5) is 11.7. The zero-order valence-electron chi connectivity index (χ0n) is 10.2. The molecule has 0 aliphatic carbocycles. The first kappa shape index (κ1) is 12.9. The molecule has 0 bridgehead atoms. The third-order valence-electron chi connectivity index (χ3n) is 2.81. The van der Waals surface area contributed by atoms with Gasteiger partial charge < -0.3 is 20.5 Å². The fourth-order valence-electron chi connectivity index (χ4n) is 1.79. The van der Waals surface area contributed by atoms with Crippen LogP contribution in [-0.2, 0) is 14.3 Å². The van der Waals surface area contributed by atoms with Crippen LogP contribution < -0.4 is 11.1 Å². The van der Waals surface area contributed by atoms with Crippen molar-refractivity contribution in [2.24, 2.45) is 0 Å². The smallest absolute Gasteiger partial charge is 0.226 e. The van der Waals surface area contributed by atoms with Crippen LogP contribution in [0, 0.1) is 0 Å². The van der Waals surface area contributed by atoms with Crippen molar-refractivity contribution in [2.45, 2.75) is 18.9 Å². The first-order chi connectivity index (χ1) is 8.75. The molecule has 1 unspecified atom stereocenters. The van der Waals surface area contributed by atoms with E-state index in [-0.39, 0.29) is 12.0 Å². The number of hydrogen-bond acceptors (Lipinski definition) is 4. The monoisotopic (exact) mass is 250 g/mol. The van der Waals surface area contributed by atoms with Gasteiger partial charge in [0, 0.05) is 6.61 Å². The van der Waals surface area contributed by atoms with Gasteiger partial charge in [0.15, 0.2) is 0 Å². The molecule has 3 N–H and O–H groups in total. The molecule has 1 heterocycles. The molecule has 1 atom stereocenters. The summed E-state index contributed by atoms with van der Waals surface area (Å²) in [5, 5.41) is 2.76. The van der Waals surface area contributed by atoms with Gasteiger partial charge >= 0.3 is 0 Å². The third kappa shape index (κ3) is 3.72. The Morgan fingerprint density at radius 2 is 2.33 bits per heavy atom. The van der Waals surface area contributed by atoms with Gasteiger partial charge in [-0.3, -0.25) is 4.79 Å². The molecule has 5 heteroatoms. The summed E-state index contributed by atoms with van der Waals surface area (Å²) >= 11 is 0. The lowest BCUT2D eigenvalue weighted by Crippen LogP contribution is -2.19. The molecule has 0 spiro atoms. The van der Waals surface area contributed by atoms with Crippen molar-refractivity contribution < 1.29 is 14.3 Å². The summed E-state index contributed by atoms with van der Waals surface area (Å²) < 4.78 is 10.7. The Kier molecular flexibility index (Phi) is 4.55. The molecule has 0 saturated carbocycles. The van der Waals surface area contributed by atoms with Crippen LogP contribution in [0.4, 0.5) is 11.4 Å². The van der Waals surface area contributed by atoms with E-state index in [2.05, 4.69) is 5.32 Å². The van der Waals surface area contributed by atoms with E-state index in [9.17, 15) is 4.79 Å². The molecule has 1 fully saturated rings. The molecular formula is C13H18N2O3. The van der Waals surface area contributed by atoms with Gasteiger partial charge in [-0.05, 0) is 18.6 Å². The number of carbonyl (C=O) groups is 1. The fraction of sp³-hybridized carbons (Fsp3) is 0.462. The quantitative estimate of drug-likeness (QED) is 0.775. The van der Waals surface area contributed by atoms with Crippen LogP contribution in [-0.4, -0.2) is 31.8 Å². The largest absolute Gasteiger partial charge is 0.397 e. The van der Waals surface area contributed by atoms with Crippen LogP contribution in [0.1, 0.15) is 12.8 Å². The van der Waals surface area contributed by atoms with E-state index in [4.69, 9.17) is 15.2 Å². The van der Waals surface area contributed by atoms with Gasteiger partial charge in [-0.25, -0.2) is 0 Å². The average Bonchev–Trinajstić information content (AvgIpc) is 2.85. The van der Waals surface area contributed by atoms with Crippen molar-refractivity contribution in [1.82, 2.24) is 0 Å². The molecule has 1 saturated heterocycles. The Bertz CT molecular complexity index is 403. The molecule has 0 aromatic heterocycles. The molecule has 5 nitrogen and oxygen atoms in total. The fourth-order valence-corrected chi connectivity index (χ4v) is 1.79. The second-order valence-electron chi connectivity index (χ2n) is 4.24. The van der Waals surface area contributed by atoms with Crippen molar-refractivity contribution in [3.63, 3.8) is 0 Å². The van der Waals surface area contributed by atoms with Crippen LogP contribution in [0.25, 0.3) is 0 Å². The summed E-state index contributed by atoms with van der Waals surface area (Å²) in [7, 11) is 0. The van der Waals surface area contributed by atoms with Crippen LogP contribution in [0.15, 0.2) is 24.3 Å². The topological polar surface area (TPSA) is 73.6 Å². The second kappa shape index (κ2) is 6.37. The van der Waals surface area contributed by atoms with Crippen LogP contribution in [0.5, 0.6) is 0 Å². The number of carbonyl (C=O) groups excluding carboxylic acids is 1. The van der Waals surface area contributed by atoms with E-state index in [1.165, 1.54) is 0 Å². The Morgan fingerprint density at radius 1 is 1.50 bits per heavy atom. The van der Waals surface area contributed by atoms with Crippen molar-refractivity contribution in [3.8, 4) is 0 Å². The molecule has 1 aromatic carbocycles. The first-order valence-corrected chi connectivity index (χ1v) is 6.09. The number of nitrogens with one attached hydrogen (secondary N) is 1. The second-order valence-corrected chi connectivity index (χ2v) is 4.24. The van der Waals surface area contributed by atoms with Crippen molar-refractivity contribution in [1.29, 1.82) is 0 Å². The van der Waals surface area contributed by atoms with Gasteiger partial charge in [0.25, 0.3) is 0 Å². The lowest BCUT2D eigenvalue weighted by Gasteiger charge is -2.10. The maximum absolute atomic E-state index is 11.7. The normalized spacial score (nSPS) is 18.8. The van der Waals surface area contributed by atoms with Gasteiger partial charge in [0.1, 0.15) is 0 Å². The third-order valence-corrected chi connectivity index (χ3v) is 2.81. The number of nitrogens with two attached hydrogens (primary N) is 1. The van der Waals surface area contributed by atoms with Crippen molar-refractivity contribution in [2.75, 3.05) is 30.9 Å². The van der Waals surface area contributed by atoms with E-state index in [0.29, 0.717) is 31.0 Å². The molecule has 98 valence electrons. The number of amides is 1. The summed E-state index contributed by atoms with van der Waals surface area (Å²) in [6.07, 6.45) is 1.37. The molecule has 0 radical (unpaired) electrons. The lowest BCUT2D eigenvalue weighted by atomic mass is 10.2. The molecule has 1 aromatic rings.